The second-order valence-corrected chi connectivity index (χ2v) is 2.77. The third-order valence-electron chi connectivity index (χ3n) is 1.25. The first-order valence-corrected chi connectivity index (χ1v) is 3.84. The molecule has 10 heavy (non-hydrogen) atoms. The van der Waals surface area contributed by atoms with E-state index in [9.17, 15) is 0 Å². The number of hydrogen-bond acceptors (Lipinski definition) is 1. The number of nitrogens with zero attached hydrogens (tertiary/aromatic N) is 1. The van der Waals surface area contributed by atoms with Gasteiger partial charge in [0.15, 0.2) is 0 Å². The van der Waals surface area contributed by atoms with Gasteiger partial charge in [-0.15, -0.1) is 0 Å². The number of rotatable bonds is 3. The maximum atomic E-state index is 4.22. The minimum absolute atomic E-state index is 0.704. The Balaban J connectivity index is 3.86. The molecular weight excluding hydrogens is 122 g/mol. The van der Waals surface area contributed by atoms with Crippen LogP contribution < -0.4 is 0 Å². The Morgan fingerprint density at radius 3 is 2.30 bits per heavy atom. The van der Waals surface area contributed by atoms with Crippen LogP contribution in [-0.2, 0) is 0 Å². The monoisotopic (exact) mass is 139 g/mol. The highest BCUT2D eigenvalue weighted by atomic mass is 14.7. The van der Waals surface area contributed by atoms with Crippen LogP contribution in [0.5, 0.6) is 0 Å². The standard InChI is InChI=1S/C9H17N/c1-5-9(10-6-2)7-8(3)4/h5-6,8H,7H2,1-4H3/b9-5-,10-6?. The van der Waals surface area contributed by atoms with Crippen LogP contribution in [0, 0.1) is 5.92 Å². The number of allylic oxidation sites excluding steroid dienone is 2. The van der Waals surface area contributed by atoms with Crippen molar-refractivity contribution in [2.24, 2.45) is 10.9 Å². The van der Waals surface area contributed by atoms with Crippen LogP contribution in [0.3, 0.4) is 0 Å². The molecule has 0 saturated carbocycles. The van der Waals surface area contributed by atoms with Gasteiger partial charge in [0.2, 0.25) is 0 Å². The predicted molar refractivity (Wildman–Crippen MR) is 47.4 cm³/mol. The van der Waals surface area contributed by atoms with Crippen LogP contribution in [0.25, 0.3) is 0 Å². The van der Waals surface area contributed by atoms with Gasteiger partial charge in [-0.2, -0.15) is 0 Å². The lowest BCUT2D eigenvalue weighted by atomic mass is 10.1. The maximum absolute atomic E-state index is 4.22. The lowest BCUT2D eigenvalue weighted by Gasteiger charge is -2.02. The van der Waals surface area contributed by atoms with E-state index in [1.54, 1.807) is 0 Å². The normalized spacial score (nSPS) is 13.5. The quantitative estimate of drug-likeness (QED) is 0.533. The summed E-state index contributed by atoms with van der Waals surface area (Å²) < 4.78 is 0. The van der Waals surface area contributed by atoms with Gasteiger partial charge in [-0.25, -0.2) is 0 Å². The van der Waals surface area contributed by atoms with E-state index >= 15 is 0 Å². The first kappa shape index (κ1) is 9.41. The molecule has 0 rings (SSSR count). The maximum Gasteiger partial charge on any atom is 0.0359 e. The SMILES string of the molecule is CC=N/C(=C\C)CC(C)C. The minimum Gasteiger partial charge on any atom is -0.266 e. The third-order valence-corrected chi connectivity index (χ3v) is 1.25. The van der Waals surface area contributed by atoms with Crippen LogP contribution in [0.4, 0.5) is 0 Å². The summed E-state index contributed by atoms with van der Waals surface area (Å²) in [6.45, 7) is 8.39. The molecule has 58 valence electrons. The Hall–Kier alpha value is -0.590. The molecule has 0 spiro atoms. The zero-order valence-electron chi connectivity index (χ0n) is 7.39. The molecule has 0 aliphatic carbocycles. The largest absolute Gasteiger partial charge is 0.266 e. The van der Waals surface area contributed by atoms with Crippen LogP contribution in [0.2, 0.25) is 0 Å². The highest BCUT2D eigenvalue weighted by molar-refractivity contribution is 5.55. The molecule has 0 N–H and O–H groups in total. The molecule has 0 aromatic carbocycles. The Morgan fingerprint density at radius 1 is 1.40 bits per heavy atom. The Labute approximate surface area is 63.9 Å². The van der Waals surface area contributed by atoms with Gasteiger partial charge in [0.05, 0.1) is 0 Å². The smallest absolute Gasteiger partial charge is 0.0359 e. The van der Waals surface area contributed by atoms with Crippen molar-refractivity contribution < 1.29 is 0 Å². The van der Waals surface area contributed by atoms with Gasteiger partial charge in [0.1, 0.15) is 0 Å². The Bertz CT molecular complexity index is 132. The average Bonchev–Trinajstić information content (AvgIpc) is 1.86. The summed E-state index contributed by atoms with van der Waals surface area (Å²) in [5, 5.41) is 0. The molecule has 0 amide bonds. The van der Waals surface area contributed by atoms with E-state index in [-0.39, 0.29) is 0 Å². The van der Waals surface area contributed by atoms with Crippen molar-refractivity contribution >= 4 is 6.21 Å². The van der Waals surface area contributed by atoms with Crippen molar-refractivity contribution in [1.82, 2.24) is 0 Å². The lowest BCUT2D eigenvalue weighted by Crippen LogP contribution is -1.88. The molecule has 1 nitrogen and oxygen atoms in total. The van der Waals surface area contributed by atoms with Crippen LogP contribution in [0.1, 0.15) is 34.1 Å². The summed E-state index contributed by atoms with van der Waals surface area (Å²) in [5.74, 6) is 0.704. The fraction of sp³-hybridized carbons (Fsp3) is 0.667. The van der Waals surface area contributed by atoms with Gasteiger partial charge in [-0.1, -0.05) is 19.9 Å². The van der Waals surface area contributed by atoms with Gasteiger partial charge in [0, 0.05) is 11.9 Å². The molecule has 0 aromatic rings. The predicted octanol–water partition coefficient (Wildman–Crippen LogP) is 3.03. The molecule has 0 unspecified atom stereocenters. The molecule has 0 atom stereocenters. The minimum atomic E-state index is 0.704. The van der Waals surface area contributed by atoms with Crippen molar-refractivity contribution in [3.05, 3.63) is 11.8 Å². The van der Waals surface area contributed by atoms with Crippen molar-refractivity contribution in [2.75, 3.05) is 0 Å². The second-order valence-electron chi connectivity index (χ2n) is 2.77. The number of hydrogen-bond donors (Lipinski definition) is 0. The topological polar surface area (TPSA) is 12.4 Å². The van der Waals surface area contributed by atoms with E-state index in [1.165, 1.54) is 5.70 Å². The molecule has 0 saturated heterocycles. The van der Waals surface area contributed by atoms with E-state index in [0.717, 1.165) is 6.42 Å². The number of aliphatic imine (C=N–C) groups is 1. The summed E-state index contributed by atoms with van der Waals surface area (Å²) in [6, 6.07) is 0. The van der Waals surface area contributed by atoms with E-state index in [0.29, 0.717) is 5.92 Å². The van der Waals surface area contributed by atoms with Gasteiger partial charge < -0.3 is 0 Å². The molecule has 0 aliphatic rings. The van der Waals surface area contributed by atoms with Crippen LogP contribution in [0.15, 0.2) is 16.8 Å². The summed E-state index contributed by atoms with van der Waals surface area (Å²) in [4.78, 5) is 4.22. The summed E-state index contributed by atoms with van der Waals surface area (Å²) >= 11 is 0. The Morgan fingerprint density at radius 2 is 2.00 bits per heavy atom. The average molecular weight is 139 g/mol. The van der Waals surface area contributed by atoms with E-state index < -0.39 is 0 Å². The zero-order chi connectivity index (χ0) is 7.98. The van der Waals surface area contributed by atoms with E-state index in [1.807, 2.05) is 20.1 Å². The molecule has 0 bridgehead atoms. The van der Waals surface area contributed by atoms with Gasteiger partial charge in [-0.3, -0.25) is 4.99 Å². The first-order valence-electron chi connectivity index (χ1n) is 3.84. The molecule has 0 aromatic heterocycles. The molecule has 0 radical (unpaired) electrons. The molecule has 0 aliphatic heterocycles. The van der Waals surface area contributed by atoms with Crippen molar-refractivity contribution in [3.8, 4) is 0 Å². The van der Waals surface area contributed by atoms with Crippen molar-refractivity contribution in [3.63, 3.8) is 0 Å². The first-order chi connectivity index (χ1) is 4.70. The van der Waals surface area contributed by atoms with E-state index in [4.69, 9.17) is 0 Å². The highest BCUT2D eigenvalue weighted by Gasteiger charge is 1.95. The lowest BCUT2D eigenvalue weighted by molar-refractivity contribution is 0.638. The third kappa shape index (κ3) is 4.30. The van der Waals surface area contributed by atoms with Gasteiger partial charge >= 0.3 is 0 Å². The van der Waals surface area contributed by atoms with Crippen LogP contribution >= 0.6 is 0 Å². The van der Waals surface area contributed by atoms with E-state index in [2.05, 4.69) is 24.9 Å². The van der Waals surface area contributed by atoms with Gasteiger partial charge in [-0.05, 0) is 26.2 Å². The summed E-state index contributed by atoms with van der Waals surface area (Å²) in [7, 11) is 0. The van der Waals surface area contributed by atoms with Crippen molar-refractivity contribution in [2.45, 2.75) is 34.1 Å². The van der Waals surface area contributed by atoms with Crippen LogP contribution in [-0.4, -0.2) is 6.21 Å². The summed E-state index contributed by atoms with van der Waals surface area (Å²) in [5.41, 5.74) is 1.19. The molecule has 0 fully saturated rings. The Kier molecular flexibility index (Phi) is 4.91. The molecule has 1 heteroatoms. The fourth-order valence-electron chi connectivity index (χ4n) is 0.829. The second kappa shape index (κ2) is 5.21. The molecular formula is C9H17N. The zero-order valence-corrected chi connectivity index (χ0v) is 7.39. The van der Waals surface area contributed by atoms with Crippen molar-refractivity contribution in [1.29, 1.82) is 0 Å². The summed E-state index contributed by atoms with van der Waals surface area (Å²) in [6.07, 6.45) is 5.00. The molecule has 0 heterocycles. The van der Waals surface area contributed by atoms with Gasteiger partial charge in [0.25, 0.3) is 0 Å². The highest BCUT2D eigenvalue weighted by Crippen LogP contribution is 2.10. The fourth-order valence-corrected chi connectivity index (χ4v) is 0.829.